The van der Waals surface area contributed by atoms with Gasteiger partial charge in [-0.15, -0.1) is 0 Å². The zero-order valence-electron chi connectivity index (χ0n) is 8.36. The van der Waals surface area contributed by atoms with Gasteiger partial charge >= 0.3 is 6.03 Å². The molecule has 7 nitrogen and oxygen atoms in total. The molecule has 8 heteroatoms. The lowest BCUT2D eigenvalue weighted by Crippen LogP contribution is -2.40. The van der Waals surface area contributed by atoms with Crippen LogP contribution in [0.15, 0.2) is 11.0 Å². The van der Waals surface area contributed by atoms with Crippen molar-refractivity contribution < 1.29 is 9.59 Å². The number of hydrogen-bond acceptors (Lipinski definition) is 4. The molecule has 0 unspecified atom stereocenters. The van der Waals surface area contributed by atoms with Gasteiger partial charge in [0, 0.05) is 6.20 Å². The van der Waals surface area contributed by atoms with Crippen LogP contribution in [0.5, 0.6) is 0 Å². The number of carbonyl (C=O) groups is 2. The monoisotopic (exact) mass is 336 g/mol. The molecule has 1 rings (SSSR count). The molecule has 0 atom stereocenters. The van der Waals surface area contributed by atoms with E-state index < -0.39 is 11.9 Å². The Morgan fingerprint density at radius 3 is 2.81 bits per heavy atom. The van der Waals surface area contributed by atoms with Gasteiger partial charge in [-0.25, -0.2) is 9.78 Å². The van der Waals surface area contributed by atoms with Crippen LogP contribution in [0.3, 0.4) is 0 Å². The van der Waals surface area contributed by atoms with E-state index in [-0.39, 0.29) is 12.1 Å². The first-order valence-corrected chi connectivity index (χ1v) is 5.31. The maximum Gasteiger partial charge on any atom is 0.318 e. The molecule has 0 aromatic carbocycles. The minimum absolute atomic E-state index is 0.280. The minimum Gasteiger partial charge on any atom is -0.351 e. The highest BCUT2D eigenvalue weighted by molar-refractivity contribution is 14.1. The Kier molecular flexibility index (Phi) is 3.99. The summed E-state index contributed by atoms with van der Waals surface area (Å²) in [5.74, 6) is -0.258. The van der Waals surface area contributed by atoms with E-state index in [1.165, 1.54) is 10.8 Å². The normalized spacial score (nSPS) is 9.88. The van der Waals surface area contributed by atoms with E-state index in [0.717, 1.165) is 0 Å². The van der Waals surface area contributed by atoms with Gasteiger partial charge < -0.3 is 5.73 Å². The molecule has 3 amide bonds. The van der Waals surface area contributed by atoms with Crippen LogP contribution in [-0.4, -0.2) is 21.5 Å². The van der Waals surface area contributed by atoms with E-state index in [1.807, 2.05) is 27.9 Å². The van der Waals surface area contributed by atoms with Crippen molar-refractivity contribution in [1.29, 1.82) is 0 Å². The van der Waals surface area contributed by atoms with E-state index in [0.29, 0.717) is 9.39 Å². The van der Waals surface area contributed by atoms with Crippen molar-refractivity contribution in [2.24, 2.45) is 5.73 Å². The number of imide groups is 1. The molecular formula is C8H9IN4O3. The van der Waals surface area contributed by atoms with Crippen LogP contribution in [0, 0.1) is 10.5 Å². The van der Waals surface area contributed by atoms with E-state index >= 15 is 0 Å². The Bertz CT molecular complexity index is 497. The van der Waals surface area contributed by atoms with Crippen LogP contribution in [0.1, 0.15) is 5.82 Å². The molecule has 0 aliphatic heterocycles. The minimum atomic E-state index is -0.950. The van der Waals surface area contributed by atoms with Gasteiger partial charge in [0.05, 0.1) is 3.57 Å². The van der Waals surface area contributed by atoms with Gasteiger partial charge in [-0.1, -0.05) is 0 Å². The maximum absolute atomic E-state index is 11.6. The predicted molar refractivity (Wildman–Crippen MR) is 63.7 cm³/mol. The number of amides is 3. The molecule has 1 aromatic heterocycles. The Morgan fingerprint density at radius 2 is 2.25 bits per heavy atom. The number of aromatic nitrogens is 2. The number of hydrogen-bond donors (Lipinski definition) is 2. The third-order valence-electron chi connectivity index (χ3n) is 1.77. The third-order valence-corrected chi connectivity index (χ3v) is 2.51. The second-order valence-electron chi connectivity index (χ2n) is 2.96. The Hall–Kier alpha value is -1.45. The number of aryl methyl sites for hydroxylation is 1. The molecule has 0 fully saturated rings. The number of halogens is 1. The SMILES string of the molecule is Cc1ncc(I)c(=O)n1CC(=O)NC(N)=O. The first kappa shape index (κ1) is 12.6. The van der Waals surface area contributed by atoms with Crippen LogP contribution in [-0.2, 0) is 11.3 Å². The summed E-state index contributed by atoms with van der Waals surface area (Å²) in [5.41, 5.74) is 4.45. The first-order valence-electron chi connectivity index (χ1n) is 4.23. The molecule has 0 saturated carbocycles. The highest BCUT2D eigenvalue weighted by atomic mass is 127. The van der Waals surface area contributed by atoms with Crippen molar-refractivity contribution in [3.8, 4) is 0 Å². The van der Waals surface area contributed by atoms with Crippen LogP contribution in [0.2, 0.25) is 0 Å². The van der Waals surface area contributed by atoms with Crippen LogP contribution >= 0.6 is 22.6 Å². The fraction of sp³-hybridized carbons (Fsp3) is 0.250. The average molecular weight is 336 g/mol. The summed E-state index contributed by atoms with van der Waals surface area (Å²) in [6.07, 6.45) is 1.42. The lowest BCUT2D eigenvalue weighted by atomic mass is 10.5. The molecule has 1 aromatic rings. The molecule has 3 N–H and O–H groups in total. The highest BCUT2D eigenvalue weighted by Gasteiger charge is 2.10. The van der Waals surface area contributed by atoms with Crippen LogP contribution < -0.4 is 16.6 Å². The number of carbonyl (C=O) groups excluding carboxylic acids is 2. The number of nitrogens with two attached hydrogens (primary N) is 1. The summed E-state index contributed by atoms with van der Waals surface area (Å²) in [5, 5.41) is 1.88. The van der Waals surface area contributed by atoms with Crippen LogP contribution in [0.25, 0.3) is 0 Å². The fourth-order valence-corrected chi connectivity index (χ4v) is 1.49. The van der Waals surface area contributed by atoms with E-state index in [2.05, 4.69) is 4.98 Å². The van der Waals surface area contributed by atoms with Gasteiger partial charge in [-0.3, -0.25) is 19.5 Å². The topological polar surface area (TPSA) is 107 Å². The average Bonchev–Trinajstić information content (AvgIpc) is 2.17. The van der Waals surface area contributed by atoms with Gasteiger partial charge in [-0.2, -0.15) is 0 Å². The smallest absolute Gasteiger partial charge is 0.318 e. The molecule has 0 bridgehead atoms. The molecule has 0 saturated heterocycles. The zero-order chi connectivity index (χ0) is 12.3. The molecule has 86 valence electrons. The number of nitrogens with zero attached hydrogens (tertiary/aromatic N) is 2. The van der Waals surface area contributed by atoms with E-state index in [1.54, 1.807) is 6.92 Å². The largest absolute Gasteiger partial charge is 0.351 e. The van der Waals surface area contributed by atoms with Gasteiger partial charge in [-0.05, 0) is 29.5 Å². The van der Waals surface area contributed by atoms with E-state index in [9.17, 15) is 14.4 Å². The molecule has 0 aliphatic carbocycles. The summed E-state index contributed by atoms with van der Waals surface area (Å²) in [7, 11) is 0. The number of primary amides is 1. The van der Waals surface area contributed by atoms with Crippen molar-refractivity contribution in [2.75, 3.05) is 0 Å². The van der Waals surface area contributed by atoms with Gasteiger partial charge in [0.2, 0.25) is 5.91 Å². The van der Waals surface area contributed by atoms with Gasteiger partial charge in [0.1, 0.15) is 12.4 Å². The molecule has 16 heavy (non-hydrogen) atoms. The second kappa shape index (κ2) is 5.05. The van der Waals surface area contributed by atoms with Crippen molar-refractivity contribution >= 4 is 34.5 Å². The zero-order valence-corrected chi connectivity index (χ0v) is 10.5. The second-order valence-corrected chi connectivity index (χ2v) is 4.12. The third kappa shape index (κ3) is 3.02. The summed E-state index contributed by atoms with van der Waals surface area (Å²) < 4.78 is 1.56. The van der Waals surface area contributed by atoms with Crippen LogP contribution in [0.4, 0.5) is 4.79 Å². The standard InChI is InChI=1S/C8H9IN4O3/c1-4-11-2-5(9)7(15)13(4)3-6(14)12-8(10)16/h2H,3H2,1H3,(H3,10,12,14,16). The van der Waals surface area contributed by atoms with E-state index in [4.69, 9.17) is 5.73 Å². The van der Waals surface area contributed by atoms with Gasteiger partial charge in [0.15, 0.2) is 0 Å². The van der Waals surface area contributed by atoms with Crippen molar-refractivity contribution in [1.82, 2.24) is 14.9 Å². The summed E-state index contributed by atoms with van der Waals surface area (Å²) in [4.78, 5) is 37.2. The Labute approximate surface area is 104 Å². The van der Waals surface area contributed by atoms with Crippen molar-refractivity contribution in [2.45, 2.75) is 13.5 Å². The van der Waals surface area contributed by atoms with Gasteiger partial charge in [0.25, 0.3) is 5.56 Å². The first-order chi connectivity index (χ1) is 7.41. The lowest BCUT2D eigenvalue weighted by Gasteiger charge is -2.08. The molecule has 0 radical (unpaired) electrons. The Balaban J connectivity index is 2.97. The molecular weight excluding hydrogens is 327 g/mol. The summed E-state index contributed by atoms with van der Waals surface area (Å²) >= 11 is 1.82. The highest BCUT2D eigenvalue weighted by Crippen LogP contribution is 1.97. The lowest BCUT2D eigenvalue weighted by molar-refractivity contribution is -0.120. The molecule has 0 aliphatic rings. The quantitative estimate of drug-likeness (QED) is 0.700. The van der Waals surface area contributed by atoms with Crippen molar-refractivity contribution in [3.05, 3.63) is 25.9 Å². The summed E-state index contributed by atoms with van der Waals surface area (Å²) in [6.45, 7) is 1.31. The number of urea groups is 1. The maximum atomic E-state index is 11.6. The molecule has 0 spiro atoms. The van der Waals surface area contributed by atoms with Crippen molar-refractivity contribution in [3.63, 3.8) is 0 Å². The number of rotatable bonds is 2. The Morgan fingerprint density at radius 1 is 1.62 bits per heavy atom. The predicted octanol–water partition coefficient (Wildman–Crippen LogP) is -0.649. The number of nitrogens with one attached hydrogen (secondary N) is 1. The summed E-state index contributed by atoms with van der Waals surface area (Å²) in [6, 6.07) is -0.950. The fourth-order valence-electron chi connectivity index (χ4n) is 1.06. The molecule has 1 heterocycles.